The number of thioether (sulfide) groups is 2. The van der Waals surface area contributed by atoms with E-state index >= 15 is 0 Å². The second-order valence-electron chi connectivity index (χ2n) is 5.25. The van der Waals surface area contributed by atoms with Crippen LogP contribution < -0.4 is 5.73 Å². The lowest BCUT2D eigenvalue weighted by molar-refractivity contribution is -0.147. The van der Waals surface area contributed by atoms with Crippen LogP contribution in [-0.4, -0.2) is 74.8 Å². The summed E-state index contributed by atoms with van der Waals surface area (Å²) < 4.78 is 12.0. The van der Waals surface area contributed by atoms with Crippen LogP contribution in [0.4, 0.5) is 0 Å². The van der Waals surface area contributed by atoms with Crippen molar-refractivity contribution in [3.8, 4) is 0 Å². The molecule has 25 heavy (non-hydrogen) atoms. The number of nitrogens with zero attached hydrogens (tertiary/aromatic N) is 5. The van der Waals surface area contributed by atoms with Crippen LogP contribution >= 0.6 is 31.1 Å². The fourth-order valence-electron chi connectivity index (χ4n) is 2.41. The summed E-state index contributed by atoms with van der Waals surface area (Å²) in [6, 6.07) is -0.705. The third-order valence-electron chi connectivity index (χ3n) is 3.48. The van der Waals surface area contributed by atoms with E-state index in [0.717, 1.165) is 16.4 Å². The first-order valence-corrected chi connectivity index (χ1v) is 10.6. The van der Waals surface area contributed by atoms with Gasteiger partial charge in [0.1, 0.15) is 23.4 Å². The fourth-order valence-corrected chi connectivity index (χ4v) is 5.35. The average Bonchev–Trinajstić information content (AvgIpc) is 2.96. The first-order chi connectivity index (χ1) is 11.7. The number of rotatable bonds is 6. The number of carbonyl (C=O) groups excluding carboxylic acids is 1. The molecule has 1 amide bonds. The van der Waals surface area contributed by atoms with Gasteiger partial charge in [0.25, 0.3) is 0 Å². The topological polar surface area (TPSA) is 185 Å². The van der Waals surface area contributed by atoms with Crippen molar-refractivity contribution >= 4 is 43.0 Å². The number of aliphatic carboxylic acids is 1. The number of β-lactam (4-membered cyclic amide) rings is 1. The average molecular weight is 408 g/mol. The molecule has 15 heteroatoms. The Hall–Kier alpha value is -1.44. The minimum Gasteiger partial charge on any atom is -0.477 e. The molecule has 0 unspecified atom stereocenters. The number of hydrogen-bond acceptors (Lipinski definition) is 9. The van der Waals surface area contributed by atoms with Crippen LogP contribution in [0.1, 0.15) is 0 Å². The normalized spacial score (nSPS) is 23.5. The summed E-state index contributed by atoms with van der Waals surface area (Å²) in [7, 11) is -4.36. The van der Waals surface area contributed by atoms with Crippen LogP contribution in [0.15, 0.2) is 16.4 Å². The molecule has 0 spiro atoms. The standard InChI is InChI=1S/C10H13N6O6PS2/c11-5-7(17)16-6(9(18)19)4(1-24-8(5)16)2-25-10-12-13-14-15(10)3-23(20,21)22/h5,8H,1-3,11H2,(H,18,19)(H2,20,21,22)/t5-,8-/m1/s1. The molecule has 0 radical (unpaired) electrons. The van der Waals surface area contributed by atoms with E-state index in [-0.39, 0.29) is 22.0 Å². The molecular weight excluding hydrogens is 395 g/mol. The molecule has 0 bridgehead atoms. The van der Waals surface area contributed by atoms with Gasteiger partial charge in [-0.05, 0) is 16.0 Å². The van der Waals surface area contributed by atoms with Gasteiger partial charge in [-0.15, -0.1) is 16.9 Å². The Morgan fingerprint density at radius 1 is 1.48 bits per heavy atom. The smallest absolute Gasteiger partial charge is 0.352 e. The molecule has 2 aliphatic rings. The Labute approximate surface area is 149 Å². The van der Waals surface area contributed by atoms with E-state index in [4.69, 9.17) is 15.5 Å². The van der Waals surface area contributed by atoms with E-state index in [1.165, 1.54) is 16.7 Å². The second kappa shape index (κ2) is 6.70. The van der Waals surface area contributed by atoms with Crippen LogP contribution in [-0.2, 0) is 20.4 Å². The van der Waals surface area contributed by atoms with Gasteiger partial charge in [0, 0.05) is 11.5 Å². The SMILES string of the molecule is N[C@@H]1C(=O)N2C(C(=O)O)=C(CSc3nnnn3CP(=O)(O)O)CS[C@H]12. The maximum absolute atomic E-state index is 11.9. The number of carboxylic acids is 1. The maximum Gasteiger partial charge on any atom is 0.352 e. The van der Waals surface area contributed by atoms with Gasteiger partial charge < -0.3 is 20.6 Å². The van der Waals surface area contributed by atoms with E-state index in [2.05, 4.69) is 15.5 Å². The Bertz CT molecular complexity index is 808. The lowest BCUT2D eigenvalue weighted by Crippen LogP contribution is -2.68. The highest BCUT2D eigenvalue weighted by atomic mass is 32.2. The van der Waals surface area contributed by atoms with Crippen molar-refractivity contribution < 1.29 is 29.0 Å². The molecule has 3 heterocycles. The number of tetrazole rings is 1. The van der Waals surface area contributed by atoms with Crippen molar-refractivity contribution in [1.29, 1.82) is 0 Å². The van der Waals surface area contributed by atoms with Gasteiger partial charge >= 0.3 is 13.6 Å². The van der Waals surface area contributed by atoms with Crippen LogP contribution in [0.3, 0.4) is 0 Å². The van der Waals surface area contributed by atoms with Crippen molar-refractivity contribution in [3.63, 3.8) is 0 Å². The third-order valence-corrected chi connectivity index (χ3v) is 6.52. The van der Waals surface area contributed by atoms with E-state index in [9.17, 15) is 19.3 Å². The highest BCUT2D eigenvalue weighted by molar-refractivity contribution is 8.01. The third kappa shape index (κ3) is 3.59. The molecule has 2 atom stereocenters. The highest BCUT2D eigenvalue weighted by Crippen LogP contribution is 2.41. The fraction of sp³-hybridized carbons (Fsp3) is 0.500. The number of amides is 1. The zero-order valence-electron chi connectivity index (χ0n) is 12.4. The molecule has 12 nitrogen and oxygen atoms in total. The summed E-state index contributed by atoms with van der Waals surface area (Å²) in [6.45, 7) is 0. The Kier molecular flexibility index (Phi) is 4.92. The van der Waals surface area contributed by atoms with Gasteiger partial charge in [-0.25, -0.2) is 9.48 Å². The molecule has 2 aliphatic heterocycles. The monoisotopic (exact) mass is 408 g/mol. The Morgan fingerprint density at radius 2 is 2.20 bits per heavy atom. The summed E-state index contributed by atoms with van der Waals surface area (Å²) in [5.41, 5.74) is 6.07. The van der Waals surface area contributed by atoms with Gasteiger partial charge in [0.15, 0.2) is 0 Å². The van der Waals surface area contributed by atoms with Crippen molar-refractivity contribution in [3.05, 3.63) is 11.3 Å². The van der Waals surface area contributed by atoms with Crippen LogP contribution in [0.5, 0.6) is 0 Å². The zero-order chi connectivity index (χ0) is 18.4. The second-order valence-corrected chi connectivity index (χ2v) is 8.91. The molecule has 1 aromatic heterocycles. The van der Waals surface area contributed by atoms with Crippen molar-refractivity contribution in [2.45, 2.75) is 22.9 Å². The number of carbonyl (C=O) groups is 2. The summed E-state index contributed by atoms with van der Waals surface area (Å²) in [4.78, 5) is 42.6. The van der Waals surface area contributed by atoms with Crippen molar-refractivity contribution in [2.75, 3.05) is 11.5 Å². The number of aromatic nitrogens is 4. The molecule has 1 saturated heterocycles. The largest absolute Gasteiger partial charge is 0.477 e. The van der Waals surface area contributed by atoms with Gasteiger partial charge in [-0.2, -0.15) is 0 Å². The summed E-state index contributed by atoms with van der Waals surface area (Å²) in [6.07, 6.45) is -0.677. The summed E-state index contributed by atoms with van der Waals surface area (Å²) in [5.74, 6) is -1.14. The van der Waals surface area contributed by atoms with Gasteiger partial charge in [0.05, 0.1) is 0 Å². The van der Waals surface area contributed by atoms with E-state index in [1.807, 2.05) is 0 Å². The molecule has 5 N–H and O–H groups in total. The molecule has 1 fully saturated rings. The summed E-state index contributed by atoms with van der Waals surface area (Å²) >= 11 is 2.40. The zero-order valence-corrected chi connectivity index (χ0v) is 14.9. The van der Waals surface area contributed by atoms with Crippen LogP contribution in [0.2, 0.25) is 0 Å². The molecule has 1 aromatic rings. The minimum absolute atomic E-state index is 0.100. The first-order valence-electron chi connectivity index (χ1n) is 6.78. The predicted octanol–water partition coefficient (Wildman–Crippen LogP) is -1.52. The molecule has 0 aromatic carbocycles. The van der Waals surface area contributed by atoms with Gasteiger partial charge in [0.2, 0.25) is 11.1 Å². The number of nitrogens with two attached hydrogens (primary N) is 1. The molecular formula is C10H13N6O6PS2. The highest BCUT2D eigenvalue weighted by Gasteiger charge is 2.51. The number of carboxylic acid groups (broad SMARTS) is 1. The van der Waals surface area contributed by atoms with E-state index < -0.39 is 31.8 Å². The lowest BCUT2D eigenvalue weighted by atomic mass is 10.0. The first kappa shape index (κ1) is 18.4. The molecule has 0 aliphatic carbocycles. The van der Waals surface area contributed by atoms with Crippen molar-refractivity contribution in [2.24, 2.45) is 5.73 Å². The predicted molar refractivity (Wildman–Crippen MR) is 86.3 cm³/mol. The summed E-state index contributed by atoms with van der Waals surface area (Å²) in [5, 5.41) is 19.7. The Morgan fingerprint density at radius 3 is 2.84 bits per heavy atom. The minimum atomic E-state index is -4.36. The molecule has 3 rings (SSSR count). The van der Waals surface area contributed by atoms with E-state index in [0.29, 0.717) is 11.3 Å². The molecule has 136 valence electrons. The molecule has 0 saturated carbocycles. The number of fused-ring (bicyclic) bond motifs is 1. The van der Waals surface area contributed by atoms with Crippen LogP contribution in [0.25, 0.3) is 0 Å². The quantitative estimate of drug-likeness (QED) is 0.242. The van der Waals surface area contributed by atoms with Crippen LogP contribution in [0, 0.1) is 0 Å². The Balaban J connectivity index is 1.78. The number of hydrogen-bond donors (Lipinski definition) is 4. The lowest BCUT2D eigenvalue weighted by Gasteiger charge is -2.48. The maximum atomic E-state index is 11.9. The van der Waals surface area contributed by atoms with Gasteiger partial charge in [-0.3, -0.25) is 14.3 Å². The van der Waals surface area contributed by atoms with Crippen molar-refractivity contribution in [1.82, 2.24) is 25.1 Å². The van der Waals surface area contributed by atoms with Gasteiger partial charge in [-0.1, -0.05) is 11.8 Å². The van der Waals surface area contributed by atoms with E-state index in [1.54, 1.807) is 0 Å².